The maximum Gasteiger partial charge on any atom is 0.259 e. The van der Waals surface area contributed by atoms with Crippen molar-refractivity contribution in [1.29, 1.82) is 0 Å². The lowest BCUT2D eigenvalue weighted by Gasteiger charge is -2.48. The maximum absolute atomic E-state index is 13.4. The number of hydrogen-bond donors (Lipinski definition) is 3. The van der Waals surface area contributed by atoms with Gasteiger partial charge in [-0.05, 0) is 32.2 Å². The Morgan fingerprint density at radius 2 is 1.76 bits per heavy atom. The highest BCUT2D eigenvalue weighted by molar-refractivity contribution is 6.39. The van der Waals surface area contributed by atoms with E-state index in [0.717, 1.165) is 38.2 Å². The molecular weight excluding hydrogens is 472 g/mol. The van der Waals surface area contributed by atoms with Crippen LogP contribution in [0.3, 0.4) is 0 Å². The average Bonchev–Trinajstić information content (AvgIpc) is 3.47. The van der Waals surface area contributed by atoms with E-state index in [1.807, 2.05) is 44.3 Å². The molecule has 0 saturated carbocycles. The van der Waals surface area contributed by atoms with E-state index in [0.29, 0.717) is 22.9 Å². The minimum Gasteiger partial charge on any atom is -0.508 e. The van der Waals surface area contributed by atoms with Crippen LogP contribution in [0.15, 0.2) is 42.5 Å². The number of phenolic OH excluding ortho intramolecular Hbond substituents is 1. The number of imide groups is 1. The summed E-state index contributed by atoms with van der Waals surface area (Å²) >= 11 is 0. The molecule has 4 atom stereocenters. The minimum atomic E-state index is -0.949. The van der Waals surface area contributed by atoms with Gasteiger partial charge in [-0.3, -0.25) is 14.9 Å². The lowest BCUT2D eigenvalue weighted by Crippen LogP contribution is -2.59. The summed E-state index contributed by atoms with van der Waals surface area (Å²) in [6.07, 6.45) is -0.169. The number of carbonyl (C=O) groups is 2. The summed E-state index contributed by atoms with van der Waals surface area (Å²) in [5.74, 6) is -0.699. The molecule has 3 aliphatic rings. The van der Waals surface area contributed by atoms with E-state index < -0.39 is 23.8 Å². The average molecular weight is 497 g/mol. The number of ether oxygens (including phenoxy) is 2. The van der Waals surface area contributed by atoms with Crippen molar-refractivity contribution in [2.45, 2.75) is 37.4 Å². The number of aromatic nitrogens is 2. The van der Waals surface area contributed by atoms with Gasteiger partial charge in [-0.15, -0.1) is 0 Å². The van der Waals surface area contributed by atoms with Crippen LogP contribution in [-0.4, -0.2) is 52.4 Å². The number of hydrogen-bond acceptors (Lipinski definition) is 6. The molecule has 2 bridgehead atoms. The molecule has 0 spiro atoms. The first-order valence-corrected chi connectivity index (χ1v) is 12.4. The third kappa shape index (κ3) is 2.27. The molecule has 1 fully saturated rings. The second-order valence-corrected chi connectivity index (χ2v) is 10.3. The molecule has 9 nitrogen and oxygen atoms in total. The minimum absolute atomic E-state index is 0.0548. The van der Waals surface area contributed by atoms with Gasteiger partial charge in [0.15, 0.2) is 5.72 Å². The van der Waals surface area contributed by atoms with Crippen LogP contribution in [0, 0.1) is 0 Å². The van der Waals surface area contributed by atoms with Crippen LogP contribution < -0.4 is 10.6 Å². The van der Waals surface area contributed by atoms with Crippen molar-refractivity contribution < 1.29 is 24.2 Å². The molecule has 1 saturated heterocycles. The topological polar surface area (TPSA) is 107 Å². The van der Waals surface area contributed by atoms with E-state index >= 15 is 0 Å². The number of aromatic hydroxyl groups is 1. The van der Waals surface area contributed by atoms with Crippen LogP contribution in [0.1, 0.15) is 40.3 Å². The third-order valence-electron chi connectivity index (χ3n) is 8.60. The Labute approximate surface area is 210 Å². The zero-order valence-corrected chi connectivity index (χ0v) is 20.5. The smallest absolute Gasteiger partial charge is 0.259 e. The quantitative estimate of drug-likeness (QED) is 0.322. The van der Waals surface area contributed by atoms with Crippen molar-refractivity contribution in [2.75, 3.05) is 14.2 Å². The first kappa shape index (κ1) is 21.2. The summed E-state index contributed by atoms with van der Waals surface area (Å²) in [6, 6.07) is 13.0. The van der Waals surface area contributed by atoms with Gasteiger partial charge in [0, 0.05) is 47.2 Å². The Kier molecular flexibility index (Phi) is 3.83. The lowest BCUT2D eigenvalue weighted by atomic mass is 9.93. The molecule has 9 heteroatoms. The number of likely N-dealkylation sites (N-methyl/N-ethyl adjacent to an activating group) is 1. The molecule has 37 heavy (non-hydrogen) atoms. The van der Waals surface area contributed by atoms with Crippen LogP contribution >= 0.6 is 0 Å². The van der Waals surface area contributed by atoms with Crippen molar-refractivity contribution in [3.63, 3.8) is 0 Å². The Morgan fingerprint density at radius 1 is 1.05 bits per heavy atom. The number of rotatable bonds is 2. The molecule has 0 radical (unpaired) electrons. The SMILES string of the molecule is CNC1CC2OC(C)(C1OC)n1c3ccccc3c3c4c(c5c6ccc(O)cc6n2c5c31)C(=O)NC4=O. The molecule has 5 heterocycles. The van der Waals surface area contributed by atoms with Crippen LogP contribution in [-0.2, 0) is 15.2 Å². The molecule has 0 aliphatic carbocycles. The second kappa shape index (κ2) is 6.69. The predicted octanol–water partition coefficient (Wildman–Crippen LogP) is 3.70. The van der Waals surface area contributed by atoms with Crippen molar-refractivity contribution in [3.05, 3.63) is 53.6 Å². The monoisotopic (exact) mass is 496 g/mol. The molecule has 2 aromatic heterocycles. The second-order valence-electron chi connectivity index (χ2n) is 10.3. The molecule has 3 aromatic carbocycles. The van der Waals surface area contributed by atoms with E-state index in [1.54, 1.807) is 19.2 Å². The number of benzene rings is 3. The zero-order chi connectivity index (χ0) is 25.4. The van der Waals surface area contributed by atoms with E-state index in [2.05, 4.69) is 19.8 Å². The predicted molar refractivity (Wildman–Crippen MR) is 138 cm³/mol. The summed E-state index contributed by atoms with van der Waals surface area (Å²) in [7, 11) is 3.61. The summed E-state index contributed by atoms with van der Waals surface area (Å²) < 4.78 is 17.3. The van der Waals surface area contributed by atoms with Gasteiger partial charge >= 0.3 is 0 Å². The molecule has 4 unspecified atom stereocenters. The van der Waals surface area contributed by atoms with Gasteiger partial charge in [0.25, 0.3) is 11.8 Å². The Balaban J connectivity index is 1.74. The van der Waals surface area contributed by atoms with Crippen LogP contribution in [0.25, 0.3) is 43.6 Å². The van der Waals surface area contributed by atoms with Crippen LogP contribution in [0.5, 0.6) is 5.75 Å². The fraction of sp³-hybridized carbons (Fsp3) is 0.286. The first-order valence-electron chi connectivity index (χ1n) is 12.4. The fourth-order valence-electron chi connectivity index (χ4n) is 7.29. The number of nitrogens with zero attached hydrogens (tertiary/aromatic N) is 2. The number of methoxy groups -OCH3 is 1. The molecule has 3 N–H and O–H groups in total. The van der Waals surface area contributed by atoms with Gasteiger partial charge in [0.05, 0.1) is 33.2 Å². The van der Waals surface area contributed by atoms with Gasteiger partial charge in [0.1, 0.15) is 18.1 Å². The molecular formula is C28H24N4O5. The van der Waals surface area contributed by atoms with Gasteiger partial charge < -0.3 is 29.0 Å². The van der Waals surface area contributed by atoms with Crippen molar-refractivity contribution in [2.24, 2.45) is 0 Å². The number of phenols is 1. The highest BCUT2D eigenvalue weighted by Crippen LogP contribution is 2.53. The van der Waals surface area contributed by atoms with E-state index in [4.69, 9.17) is 9.47 Å². The Morgan fingerprint density at radius 3 is 2.49 bits per heavy atom. The summed E-state index contributed by atoms with van der Waals surface area (Å²) in [5.41, 5.74) is 3.08. The number of fused-ring (bicyclic) bond motifs is 13. The standard InChI is InChI=1S/C28H24N4O5/c1-28-25(36-3)15(29-2)11-18(37-28)31-17-10-12(33)8-9-14(17)19-21-22(27(35)30-26(21)34)20-13-6-4-5-7-16(13)32(28)24(20)23(19)31/h4-10,15,18,25,29,33H,11H2,1-3H3,(H,30,34,35). The van der Waals surface area contributed by atoms with Gasteiger partial charge in [0.2, 0.25) is 0 Å². The number of nitrogens with one attached hydrogen (secondary N) is 2. The number of amides is 2. The van der Waals surface area contributed by atoms with Crippen molar-refractivity contribution >= 4 is 55.4 Å². The van der Waals surface area contributed by atoms with Crippen molar-refractivity contribution in [3.8, 4) is 5.75 Å². The van der Waals surface area contributed by atoms with Gasteiger partial charge in [-0.1, -0.05) is 18.2 Å². The molecule has 8 rings (SSSR count). The zero-order valence-electron chi connectivity index (χ0n) is 20.5. The first-order chi connectivity index (χ1) is 17.9. The van der Waals surface area contributed by atoms with Crippen molar-refractivity contribution in [1.82, 2.24) is 19.8 Å². The van der Waals surface area contributed by atoms with Crippen LogP contribution in [0.2, 0.25) is 0 Å². The van der Waals surface area contributed by atoms with Crippen LogP contribution in [0.4, 0.5) is 0 Å². The normalized spacial score (nSPS) is 26.5. The summed E-state index contributed by atoms with van der Waals surface area (Å²) in [4.78, 5) is 26.7. The Bertz CT molecular complexity index is 1880. The van der Waals surface area contributed by atoms with E-state index in [9.17, 15) is 14.7 Å². The lowest BCUT2D eigenvalue weighted by molar-refractivity contribution is -0.256. The highest BCUT2D eigenvalue weighted by Gasteiger charge is 2.53. The molecule has 5 aromatic rings. The Hall–Kier alpha value is -3.92. The summed E-state index contributed by atoms with van der Waals surface area (Å²) in [5, 5.41) is 19.6. The van der Waals surface area contributed by atoms with E-state index in [-0.39, 0.29) is 17.9 Å². The third-order valence-corrected chi connectivity index (χ3v) is 8.60. The molecule has 186 valence electrons. The summed E-state index contributed by atoms with van der Waals surface area (Å²) in [6.45, 7) is 2.03. The maximum atomic E-state index is 13.4. The highest BCUT2D eigenvalue weighted by atomic mass is 16.6. The largest absolute Gasteiger partial charge is 0.508 e. The number of carbonyl (C=O) groups excluding carboxylic acids is 2. The molecule has 3 aliphatic heterocycles. The van der Waals surface area contributed by atoms with Gasteiger partial charge in [-0.2, -0.15) is 0 Å². The number of para-hydroxylation sites is 1. The van der Waals surface area contributed by atoms with Gasteiger partial charge in [-0.25, -0.2) is 0 Å². The van der Waals surface area contributed by atoms with E-state index in [1.165, 1.54) is 0 Å². The fourth-order valence-corrected chi connectivity index (χ4v) is 7.29. The molecule has 2 amide bonds.